The molecule has 3 heterocycles. The smallest absolute Gasteiger partial charge is 0.481 e. The Morgan fingerprint density at radius 1 is 1.03 bits per heavy atom. The van der Waals surface area contributed by atoms with E-state index in [-0.39, 0.29) is 67.2 Å². The van der Waals surface area contributed by atoms with E-state index in [1.54, 1.807) is 30.1 Å². The van der Waals surface area contributed by atoms with Crippen molar-refractivity contribution in [2.75, 3.05) is 33.1 Å². The highest BCUT2D eigenvalue weighted by molar-refractivity contribution is 8.00. The molecule has 2 atom stereocenters. The van der Waals surface area contributed by atoms with Gasteiger partial charge in [-0.2, -0.15) is 10.4 Å². The third-order valence-electron chi connectivity index (χ3n) is 9.92. The molecular weight excluding hydrogens is 812 g/mol. The second-order valence-corrected chi connectivity index (χ2v) is 15.7. The van der Waals surface area contributed by atoms with Crippen molar-refractivity contribution in [3.05, 3.63) is 101 Å². The van der Waals surface area contributed by atoms with Gasteiger partial charge in [0, 0.05) is 48.4 Å². The van der Waals surface area contributed by atoms with Crippen LogP contribution in [0.1, 0.15) is 62.1 Å². The second kappa shape index (κ2) is 22.1. The number of halogens is 3. The predicted molar refractivity (Wildman–Crippen MR) is 208 cm³/mol. The standard InChI is InChI=1S/C41H44F3N5O10S/c1-27(60-32-21-55-39(56-22-32)5-3-2-4-30-8-6-29(20-45)18-34(30)43)41(23-49-25-46-24-47-49,33-10-9-31(42)19-35(33)44)59-40(54)58-26-57-38(53)13-11-36(50)48-16-14-28(15-17-48)7-12-37(51)52/h2-6,8-10,18-19,24-25,27-28,32,39H,7,11-17,21-23,26H2,1H3,(H,51,52)/b4-2+,5-3+/t27-,32?,39?,41-/m1/s1. The molecule has 0 bridgehead atoms. The summed E-state index contributed by atoms with van der Waals surface area (Å²) in [6.45, 7) is 1.69. The SMILES string of the molecule is C[C@@H](SC1COC(/C=C/C=C/c2ccc(C#N)cc2F)OC1)[C@@](Cn1cncn1)(OC(=O)OCOC(=O)CCC(=O)N1CCC(CCC(=O)O)CC1)c1ccc(F)cc1F. The number of rotatable bonds is 18. The molecule has 1 N–H and O–H groups in total. The predicted octanol–water partition coefficient (Wildman–Crippen LogP) is 6.13. The molecule has 15 nitrogen and oxygen atoms in total. The number of esters is 1. The molecule has 1 aromatic heterocycles. The van der Waals surface area contributed by atoms with Crippen LogP contribution in [-0.2, 0) is 50.2 Å². The van der Waals surface area contributed by atoms with E-state index in [0.29, 0.717) is 44.0 Å². The highest BCUT2D eigenvalue weighted by Crippen LogP contribution is 2.42. The third-order valence-corrected chi connectivity index (χ3v) is 11.4. The molecule has 0 aliphatic carbocycles. The van der Waals surface area contributed by atoms with Gasteiger partial charge in [0.25, 0.3) is 0 Å². The Morgan fingerprint density at radius 3 is 2.47 bits per heavy atom. The lowest BCUT2D eigenvalue weighted by Crippen LogP contribution is -2.47. The third kappa shape index (κ3) is 13.1. The van der Waals surface area contributed by atoms with Gasteiger partial charge < -0.3 is 33.7 Å². The van der Waals surface area contributed by atoms with E-state index in [1.165, 1.54) is 47.3 Å². The number of piperidine rings is 1. The maximum Gasteiger partial charge on any atom is 0.512 e. The summed E-state index contributed by atoms with van der Waals surface area (Å²) in [5, 5.41) is 20.8. The number of hydrogen-bond acceptors (Lipinski definition) is 13. The summed E-state index contributed by atoms with van der Waals surface area (Å²) in [7, 11) is 0. The number of carbonyl (C=O) groups is 4. The second-order valence-electron chi connectivity index (χ2n) is 14.0. The van der Waals surface area contributed by atoms with Crippen LogP contribution in [0.3, 0.4) is 0 Å². The monoisotopic (exact) mass is 855 g/mol. The zero-order valence-electron chi connectivity index (χ0n) is 32.6. The molecule has 2 aliphatic heterocycles. The summed E-state index contributed by atoms with van der Waals surface area (Å²) in [5.74, 6) is -4.17. The first kappa shape index (κ1) is 45.4. The van der Waals surface area contributed by atoms with Gasteiger partial charge in [-0.25, -0.2) is 27.6 Å². The fourth-order valence-corrected chi connectivity index (χ4v) is 8.05. The van der Waals surface area contributed by atoms with Crippen LogP contribution in [0.25, 0.3) is 6.08 Å². The Kier molecular flexibility index (Phi) is 16.7. The van der Waals surface area contributed by atoms with E-state index >= 15 is 4.39 Å². The number of nitrogens with zero attached hydrogens (tertiary/aromatic N) is 5. The lowest BCUT2D eigenvalue weighted by atomic mass is 9.89. The molecule has 0 unspecified atom stereocenters. The molecule has 2 aliphatic rings. The van der Waals surface area contributed by atoms with Crippen LogP contribution in [0.5, 0.6) is 0 Å². The van der Waals surface area contributed by atoms with Crippen LogP contribution in [0.2, 0.25) is 0 Å². The van der Waals surface area contributed by atoms with Gasteiger partial charge in [-0.05, 0) is 62.4 Å². The number of thioether (sulfide) groups is 1. The van der Waals surface area contributed by atoms with Crippen LogP contribution < -0.4 is 0 Å². The number of benzene rings is 2. The van der Waals surface area contributed by atoms with Gasteiger partial charge in [0.2, 0.25) is 12.7 Å². The fraction of sp³-hybridized carbons (Fsp3) is 0.439. The summed E-state index contributed by atoms with van der Waals surface area (Å²) >= 11 is 1.23. The van der Waals surface area contributed by atoms with Gasteiger partial charge in [-0.3, -0.25) is 14.4 Å². The number of amides is 1. The number of hydrogen-bond donors (Lipinski definition) is 1. The average molecular weight is 856 g/mol. The van der Waals surface area contributed by atoms with Crippen LogP contribution >= 0.6 is 11.8 Å². The number of carboxylic acids is 1. The van der Waals surface area contributed by atoms with Gasteiger partial charge in [-0.1, -0.05) is 24.3 Å². The zero-order valence-corrected chi connectivity index (χ0v) is 33.4. The highest BCUT2D eigenvalue weighted by atomic mass is 32.2. The molecule has 0 saturated carbocycles. The Balaban J connectivity index is 1.18. The number of likely N-dealkylation sites (tertiary alicyclic amines) is 1. The number of ether oxygens (including phenoxy) is 5. The number of aromatic nitrogens is 3. The number of allylic oxidation sites excluding steroid dienone is 2. The molecule has 2 saturated heterocycles. The molecule has 1 amide bonds. The number of aliphatic carboxylic acids is 1. The van der Waals surface area contributed by atoms with E-state index in [1.807, 2.05) is 6.07 Å². The molecular formula is C41H44F3N5O10S. The number of nitriles is 1. The number of carbonyl (C=O) groups excluding carboxylic acids is 3. The average Bonchev–Trinajstić information content (AvgIpc) is 3.74. The highest BCUT2D eigenvalue weighted by Gasteiger charge is 2.47. The van der Waals surface area contributed by atoms with Gasteiger partial charge in [0.1, 0.15) is 30.1 Å². The summed E-state index contributed by atoms with van der Waals surface area (Å²) in [5.41, 5.74) is -1.63. The van der Waals surface area contributed by atoms with Crippen molar-refractivity contribution in [2.45, 2.75) is 74.4 Å². The lowest BCUT2D eigenvalue weighted by Gasteiger charge is -2.40. The molecule has 60 heavy (non-hydrogen) atoms. The minimum Gasteiger partial charge on any atom is -0.481 e. The molecule has 2 aromatic carbocycles. The summed E-state index contributed by atoms with van der Waals surface area (Å²) in [6.07, 6.45) is 8.32. The van der Waals surface area contributed by atoms with Crippen molar-refractivity contribution >= 4 is 41.8 Å². The topological polar surface area (TPSA) is 192 Å². The minimum absolute atomic E-state index is 0.0739. The van der Waals surface area contributed by atoms with Crippen molar-refractivity contribution in [1.82, 2.24) is 19.7 Å². The van der Waals surface area contributed by atoms with Crippen LogP contribution in [-0.4, -0.2) is 98.7 Å². The van der Waals surface area contributed by atoms with E-state index < -0.39 is 59.5 Å². The Morgan fingerprint density at radius 2 is 1.80 bits per heavy atom. The zero-order chi connectivity index (χ0) is 43.1. The lowest BCUT2D eigenvalue weighted by molar-refractivity contribution is -0.157. The Labute approximate surface area is 348 Å². The summed E-state index contributed by atoms with van der Waals surface area (Å²) < 4.78 is 73.2. The largest absolute Gasteiger partial charge is 0.512 e. The van der Waals surface area contributed by atoms with Crippen LogP contribution in [0.15, 0.2) is 67.3 Å². The molecule has 5 rings (SSSR count). The Bertz CT molecular complexity index is 2050. The van der Waals surface area contributed by atoms with Gasteiger partial charge >= 0.3 is 18.1 Å². The maximum absolute atomic E-state index is 15.7. The fourth-order valence-electron chi connectivity index (χ4n) is 6.68. The minimum atomic E-state index is -1.92. The molecule has 0 spiro atoms. The summed E-state index contributed by atoms with van der Waals surface area (Å²) in [6, 6.07) is 8.82. The summed E-state index contributed by atoms with van der Waals surface area (Å²) in [4.78, 5) is 54.9. The molecule has 320 valence electrons. The molecule has 19 heteroatoms. The first-order valence-electron chi connectivity index (χ1n) is 19.1. The molecule has 2 fully saturated rings. The van der Waals surface area contributed by atoms with E-state index in [9.17, 15) is 28.0 Å². The van der Waals surface area contributed by atoms with Crippen LogP contribution in [0, 0.1) is 34.7 Å². The van der Waals surface area contributed by atoms with E-state index in [4.69, 9.17) is 34.1 Å². The van der Waals surface area contributed by atoms with Crippen molar-refractivity contribution < 1.29 is 61.1 Å². The van der Waals surface area contributed by atoms with Gasteiger partial charge in [0.05, 0.1) is 43.1 Å². The van der Waals surface area contributed by atoms with Crippen molar-refractivity contribution in [1.29, 1.82) is 5.26 Å². The maximum atomic E-state index is 15.7. The van der Waals surface area contributed by atoms with Crippen molar-refractivity contribution in [2.24, 2.45) is 5.92 Å². The molecule has 3 aromatic rings. The Hall–Kier alpha value is -5.71. The first-order chi connectivity index (χ1) is 28.8. The van der Waals surface area contributed by atoms with Crippen molar-refractivity contribution in [3.8, 4) is 6.07 Å². The van der Waals surface area contributed by atoms with Gasteiger partial charge in [-0.15, -0.1) is 11.8 Å². The van der Waals surface area contributed by atoms with Crippen molar-refractivity contribution in [3.63, 3.8) is 0 Å². The molecule has 0 radical (unpaired) electrons. The van der Waals surface area contributed by atoms with E-state index in [2.05, 4.69) is 10.1 Å². The van der Waals surface area contributed by atoms with E-state index in [0.717, 1.165) is 18.2 Å². The van der Waals surface area contributed by atoms with Gasteiger partial charge in [0.15, 0.2) is 11.9 Å². The number of carboxylic acid groups (broad SMARTS) is 1. The van der Waals surface area contributed by atoms with Crippen LogP contribution in [0.4, 0.5) is 18.0 Å². The normalized spacial score (nSPS) is 18.8. The quantitative estimate of drug-likeness (QED) is 0.0873. The first-order valence-corrected chi connectivity index (χ1v) is 20.0.